The monoisotopic (exact) mass is 423 g/mol. The summed E-state index contributed by atoms with van der Waals surface area (Å²) in [6.45, 7) is 5.09. The second kappa shape index (κ2) is 9.17. The molecule has 0 saturated carbocycles. The smallest absolute Gasteiger partial charge is 0.251 e. The highest BCUT2D eigenvalue weighted by atomic mass is 32.2. The van der Waals surface area contributed by atoms with Gasteiger partial charge < -0.3 is 15.1 Å². The number of sulfone groups is 1. The zero-order valence-corrected chi connectivity index (χ0v) is 18.0. The number of piperazine rings is 1. The van der Waals surface area contributed by atoms with Crippen LogP contribution >= 0.6 is 11.3 Å². The van der Waals surface area contributed by atoms with Gasteiger partial charge in [0.1, 0.15) is 32.2 Å². The molecule has 0 bridgehead atoms. The lowest BCUT2D eigenvalue weighted by molar-refractivity contribution is -1.02. The first-order valence-corrected chi connectivity index (χ1v) is 12.5. The van der Waals surface area contributed by atoms with Gasteiger partial charge in [0, 0.05) is 11.8 Å². The molecule has 2 aromatic rings. The van der Waals surface area contributed by atoms with E-state index in [1.54, 1.807) is 40.5 Å². The van der Waals surface area contributed by atoms with E-state index < -0.39 is 9.84 Å². The Hall–Kier alpha value is -1.74. The van der Waals surface area contributed by atoms with Crippen molar-refractivity contribution >= 4 is 27.1 Å². The highest BCUT2D eigenvalue weighted by molar-refractivity contribution is 7.89. The summed E-state index contributed by atoms with van der Waals surface area (Å²) in [6.07, 6.45) is 1.21. The lowest BCUT2D eigenvalue weighted by Gasteiger charge is -2.33. The molecule has 28 heavy (non-hydrogen) atoms. The Kier molecular flexibility index (Phi) is 6.87. The minimum Gasteiger partial charge on any atom is -0.346 e. The maximum Gasteiger partial charge on any atom is 0.251 e. The van der Waals surface area contributed by atoms with E-state index >= 15 is 0 Å². The summed E-state index contributed by atoms with van der Waals surface area (Å²) < 4.78 is 22.8. The molecule has 3 rings (SSSR count). The van der Waals surface area contributed by atoms with Crippen LogP contribution in [0.4, 0.5) is 0 Å². The molecule has 1 aliphatic heterocycles. The van der Waals surface area contributed by atoms with Crippen molar-refractivity contribution in [3.63, 3.8) is 0 Å². The van der Waals surface area contributed by atoms with Gasteiger partial charge in [-0.05, 0) is 29.1 Å². The van der Waals surface area contributed by atoms with Crippen LogP contribution in [0.2, 0.25) is 0 Å². The van der Waals surface area contributed by atoms with Crippen LogP contribution in [0.3, 0.4) is 0 Å². The molecule has 1 unspecified atom stereocenters. The number of carbonyl (C=O) groups is 1. The molecule has 0 aliphatic carbocycles. The van der Waals surface area contributed by atoms with Crippen LogP contribution in [0.15, 0.2) is 41.8 Å². The second-order valence-electron chi connectivity index (χ2n) is 7.66. The molecule has 0 radical (unpaired) electrons. The van der Waals surface area contributed by atoms with E-state index in [1.165, 1.54) is 16.0 Å². The Balaban J connectivity index is 1.63. The topological polar surface area (TPSA) is 72.1 Å². The third-order valence-electron chi connectivity index (χ3n) is 5.24. The van der Waals surface area contributed by atoms with Gasteiger partial charge in [-0.1, -0.05) is 18.2 Å². The van der Waals surface area contributed by atoms with Gasteiger partial charge >= 0.3 is 0 Å². The second-order valence-corrected chi connectivity index (χ2v) is 10.8. The van der Waals surface area contributed by atoms with Crippen molar-refractivity contribution in [2.75, 3.05) is 46.0 Å². The van der Waals surface area contributed by atoms with E-state index in [2.05, 4.69) is 29.9 Å². The van der Waals surface area contributed by atoms with Gasteiger partial charge in [-0.2, -0.15) is 0 Å². The molecule has 0 spiro atoms. The predicted octanol–water partition coefficient (Wildman–Crippen LogP) is -0.823. The van der Waals surface area contributed by atoms with Crippen LogP contribution in [0.25, 0.3) is 0 Å². The summed E-state index contributed by atoms with van der Waals surface area (Å²) in [5.74, 6) is -0.129. The van der Waals surface area contributed by atoms with Gasteiger partial charge in [0.05, 0.1) is 24.2 Å². The average molecular weight is 424 g/mol. The number of thiophene rings is 1. The van der Waals surface area contributed by atoms with Crippen LogP contribution in [0.5, 0.6) is 0 Å². The van der Waals surface area contributed by atoms with Gasteiger partial charge in [0.15, 0.2) is 9.84 Å². The Bertz CT molecular complexity index is 872. The molecule has 6 nitrogen and oxygen atoms in total. The summed E-state index contributed by atoms with van der Waals surface area (Å²) in [6, 6.07) is 11.3. The number of benzene rings is 1. The number of amides is 1. The molecule has 3 N–H and O–H groups in total. The van der Waals surface area contributed by atoms with E-state index in [-0.39, 0.29) is 17.7 Å². The van der Waals surface area contributed by atoms with Crippen molar-refractivity contribution < 1.29 is 23.0 Å². The van der Waals surface area contributed by atoms with Gasteiger partial charge in [-0.3, -0.25) is 4.79 Å². The number of hydrogen-bond acceptors (Lipinski definition) is 4. The number of likely N-dealkylation sites (N-methyl/N-ethyl adjacent to an activating group) is 1. The summed E-state index contributed by atoms with van der Waals surface area (Å²) in [5, 5.41) is 5.17. The maximum absolute atomic E-state index is 12.6. The van der Waals surface area contributed by atoms with Gasteiger partial charge in [0.25, 0.3) is 5.91 Å². The van der Waals surface area contributed by atoms with Gasteiger partial charge in [-0.15, -0.1) is 11.3 Å². The fourth-order valence-corrected chi connectivity index (χ4v) is 5.32. The number of nitrogens with one attached hydrogen (secondary N) is 3. The molecule has 8 heteroatoms. The minimum atomic E-state index is -3.08. The molecule has 2 heterocycles. The lowest BCUT2D eigenvalue weighted by atomic mass is 10.1. The Labute approximate surface area is 171 Å². The summed E-state index contributed by atoms with van der Waals surface area (Å²) in [4.78, 5) is 17.0. The molecule has 1 amide bonds. The molecule has 152 valence electrons. The molecular weight excluding hydrogens is 394 g/mol. The van der Waals surface area contributed by atoms with Crippen molar-refractivity contribution in [3.05, 3.63) is 57.8 Å². The molecular formula is C20H29N3O3S2+2. The first kappa shape index (κ1) is 21.0. The van der Waals surface area contributed by atoms with Gasteiger partial charge in [-0.25, -0.2) is 8.42 Å². The van der Waals surface area contributed by atoms with Crippen molar-refractivity contribution in [2.24, 2.45) is 0 Å². The highest BCUT2D eigenvalue weighted by Crippen LogP contribution is 2.16. The van der Waals surface area contributed by atoms with Crippen LogP contribution in [0.1, 0.15) is 26.8 Å². The van der Waals surface area contributed by atoms with E-state index in [0.29, 0.717) is 17.7 Å². The Morgan fingerprint density at radius 2 is 1.82 bits per heavy atom. The van der Waals surface area contributed by atoms with Crippen molar-refractivity contribution in [1.29, 1.82) is 0 Å². The summed E-state index contributed by atoms with van der Waals surface area (Å²) in [7, 11) is -0.849. The lowest BCUT2D eigenvalue weighted by Crippen LogP contribution is -3.27. The third-order valence-corrected chi connectivity index (χ3v) is 7.08. The van der Waals surface area contributed by atoms with Gasteiger partial charge in [0.2, 0.25) is 0 Å². The highest BCUT2D eigenvalue weighted by Gasteiger charge is 2.30. The Morgan fingerprint density at radius 3 is 2.39 bits per heavy atom. The van der Waals surface area contributed by atoms with E-state index in [0.717, 1.165) is 26.2 Å². The zero-order chi connectivity index (χ0) is 20.1. The van der Waals surface area contributed by atoms with Crippen LogP contribution in [0, 0.1) is 0 Å². The van der Waals surface area contributed by atoms with Crippen LogP contribution < -0.4 is 15.1 Å². The summed E-state index contributed by atoms with van der Waals surface area (Å²) in [5.41, 5.74) is 1.25. The van der Waals surface area contributed by atoms with Crippen LogP contribution in [-0.2, 0) is 15.6 Å². The zero-order valence-electron chi connectivity index (χ0n) is 16.4. The first-order chi connectivity index (χ1) is 13.3. The van der Waals surface area contributed by atoms with E-state index in [4.69, 9.17) is 0 Å². The predicted molar refractivity (Wildman–Crippen MR) is 112 cm³/mol. The standard InChI is InChI=1S/C20H27N3O3S2/c1-22-9-11-23(12-10-22)18(19-4-3-13-27-19)14-21-20(24)17-7-5-16(6-8-17)15-28(2,25)26/h3-8,13,18H,9-12,14-15H2,1-2H3,(H,21,24)/p+2. The quantitative estimate of drug-likeness (QED) is 0.545. The minimum absolute atomic E-state index is 0.00982. The van der Waals surface area contributed by atoms with Crippen molar-refractivity contribution in [3.8, 4) is 0 Å². The maximum atomic E-state index is 12.6. The number of quaternary nitrogens is 2. The van der Waals surface area contributed by atoms with Crippen molar-refractivity contribution in [2.45, 2.75) is 11.8 Å². The summed E-state index contributed by atoms with van der Waals surface area (Å²) >= 11 is 1.74. The van der Waals surface area contributed by atoms with E-state index in [9.17, 15) is 13.2 Å². The molecule has 1 aromatic heterocycles. The largest absolute Gasteiger partial charge is 0.346 e. The van der Waals surface area contributed by atoms with Crippen molar-refractivity contribution in [1.82, 2.24) is 5.32 Å². The molecule has 1 aliphatic rings. The number of hydrogen-bond donors (Lipinski definition) is 3. The fraction of sp³-hybridized carbons (Fsp3) is 0.450. The van der Waals surface area contributed by atoms with E-state index in [1.807, 2.05) is 0 Å². The average Bonchev–Trinajstić information content (AvgIpc) is 3.17. The molecule has 1 atom stereocenters. The molecule has 1 fully saturated rings. The molecule has 1 saturated heterocycles. The third kappa shape index (κ3) is 5.88. The SMILES string of the molecule is C[NH+]1CC[NH+](C(CNC(=O)c2ccc(CS(C)(=O)=O)cc2)c2cccs2)CC1. The fourth-order valence-electron chi connectivity index (χ4n) is 3.63. The Morgan fingerprint density at radius 1 is 1.14 bits per heavy atom. The number of carbonyl (C=O) groups excluding carboxylic acids is 1. The first-order valence-electron chi connectivity index (χ1n) is 9.56. The number of rotatable bonds is 7. The van der Waals surface area contributed by atoms with Crippen LogP contribution in [-0.4, -0.2) is 60.4 Å². The molecule has 1 aromatic carbocycles. The normalized spacial score (nSPS) is 21.2.